The number of nitrogens with zero attached hydrogens (tertiary/aromatic N) is 3. The van der Waals surface area contributed by atoms with Crippen LogP contribution < -0.4 is 5.32 Å². The van der Waals surface area contributed by atoms with Crippen LogP contribution in [0, 0.1) is 6.92 Å². The van der Waals surface area contributed by atoms with Crippen molar-refractivity contribution in [1.82, 2.24) is 20.0 Å². The Bertz CT molecular complexity index is 745. The highest BCUT2D eigenvalue weighted by Crippen LogP contribution is 2.14. The molecular formula is C20H26N4O2. The van der Waals surface area contributed by atoms with E-state index in [4.69, 9.17) is 0 Å². The highest BCUT2D eigenvalue weighted by atomic mass is 16.2. The second-order valence-electron chi connectivity index (χ2n) is 6.80. The quantitative estimate of drug-likeness (QED) is 0.867. The Hall–Kier alpha value is -2.63. The Kier molecular flexibility index (Phi) is 6.04. The van der Waals surface area contributed by atoms with E-state index in [0.29, 0.717) is 19.5 Å². The van der Waals surface area contributed by atoms with Gasteiger partial charge in [0.1, 0.15) is 0 Å². The number of amides is 2. The first-order chi connectivity index (χ1) is 12.6. The molecule has 1 aromatic heterocycles. The van der Waals surface area contributed by atoms with Crippen LogP contribution in [0.3, 0.4) is 0 Å². The van der Waals surface area contributed by atoms with Gasteiger partial charge in [0.15, 0.2) is 0 Å². The van der Waals surface area contributed by atoms with Crippen LogP contribution in [0.25, 0.3) is 0 Å². The Labute approximate surface area is 154 Å². The molecule has 138 valence electrons. The highest BCUT2D eigenvalue weighted by molar-refractivity contribution is 5.94. The summed E-state index contributed by atoms with van der Waals surface area (Å²) < 4.78 is 1.77. The summed E-state index contributed by atoms with van der Waals surface area (Å²) in [5, 5.41) is 7.18. The molecule has 0 saturated carbocycles. The van der Waals surface area contributed by atoms with Crippen LogP contribution in [0.15, 0.2) is 36.5 Å². The van der Waals surface area contributed by atoms with Crippen molar-refractivity contribution in [3.8, 4) is 0 Å². The Morgan fingerprint density at radius 1 is 1.08 bits per heavy atom. The Morgan fingerprint density at radius 2 is 1.81 bits per heavy atom. The van der Waals surface area contributed by atoms with Gasteiger partial charge in [0.2, 0.25) is 5.91 Å². The van der Waals surface area contributed by atoms with Crippen LogP contribution in [-0.4, -0.2) is 39.6 Å². The van der Waals surface area contributed by atoms with Gasteiger partial charge >= 0.3 is 0 Å². The van der Waals surface area contributed by atoms with E-state index in [1.807, 2.05) is 48.4 Å². The lowest BCUT2D eigenvalue weighted by molar-refractivity contribution is -0.121. The molecule has 0 atom stereocenters. The van der Waals surface area contributed by atoms with Gasteiger partial charge < -0.3 is 10.2 Å². The van der Waals surface area contributed by atoms with Crippen molar-refractivity contribution in [2.75, 3.05) is 13.1 Å². The Balaban J connectivity index is 1.44. The summed E-state index contributed by atoms with van der Waals surface area (Å²) in [6.07, 6.45) is 5.66. The normalized spacial score (nSPS) is 14.3. The minimum atomic E-state index is -0.00776. The maximum Gasteiger partial charge on any atom is 0.253 e. The van der Waals surface area contributed by atoms with Crippen LogP contribution in [0.1, 0.15) is 47.3 Å². The number of hydrogen-bond donors (Lipinski definition) is 1. The number of rotatable bonds is 6. The number of aromatic nitrogens is 2. The molecule has 1 fully saturated rings. The molecule has 1 saturated heterocycles. The van der Waals surface area contributed by atoms with Gasteiger partial charge in [0.25, 0.3) is 5.91 Å². The molecule has 2 amide bonds. The molecule has 6 nitrogen and oxygen atoms in total. The van der Waals surface area contributed by atoms with Crippen LogP contribution >= 0.6 is 0 Å². The smallest absolute Gasteiger partial charge is 0.253 e. The van der Waals surface area contributed by atoms with Crippen molar-refractivity contribution < 1.29 is 9.59 Å². The van der Waals surface area contributed by atoms with Gasteiger partial charge in [-0.1, -0.05) is 12.1 Å². The number of piperidine rings is 1. The van der Waals surface area contributed by atoms with E-state index in [9.17, 15) is 9.59 Å². The van der Waals surface area contributed by atoms with E-state index in [0.717, 1.165) is 42.8 Å². The molecule has 1 aliphatic rings. The molecular weight excluding hydrogens is 328 g/mol. The van der Waals surface area contributed by atoms with Gasteiger partial charge in [-0.2, -0.15) is 5.10 Å². The predicted octanol–water partition coefficient (Wildman–Crippen LogP) is 2.52. The molecule has 3 rings (SSSR count). The second-order valence-corrected chi connectivity index (χ2v) is 6.80. The SMILES string of the molecule is Cc1ccn(CCC(=O)NCc2ccc(C(=O)N3CCCCC3)cc2)n1. The lowest BCUT2D eigenvalue weighted by Gasteiger charge is -2.26. The van der Waals surface area contributed by atoms with Gasteiger partial charge in [0.05, 0.1) is 5.69 Å². The van der Waals surface area contributed by atoms with Crippen molar-refractivity contribution in [3.63, 3.8) is 0 Å². The first-order valence-corrected chi connectivity index (χ1v) is 9.27. The predicted molar refractivity (Wildman–Crippen MR) is 99.6 cm³/mol. The maximum atomic E-state index is 12.4. The van der Waals surface area contributed by atoms with Gasteiger partial charge in [-0.15, -0.1) is 0 Å². The van der Waals surface area contributed by atoms with Crippen LogP contribution in [-0.2, 0) is 17.9 Å². The number of carbonyl (C=O) groups is 2. The monoisotopic (exact) mass is 354 g/mol. The number of likely N-dealkylation sites (tertiary alicyclic amines) is 1. The Morgan fingerprint density at radius 3 is 2.46 bits per heavy atom. The van der Waals surface area contributed by atoms with E-state index in [1.165, 1.54) is 6.42 Å². The first-order valence-electron chi connectivity index (χ1n) is 9.27. The van der Waals surface area contributed by atoms with Crippen LogP contribution in [0.4, 0.5) is 0 Å². The largest absolute Gasteiger partial charge is 0.352 e. The van der Waals surface area contributed by atoms with E-state index in [1.54, 1.807) is 4.68 Å². The van der Waals surface area contributed by atoms with Crippen LogP contribution in [0.5, 0.6) is 0 Å². The van der Waals surface area contributed by atoms with Crippen LogP contribution in [0.2, 0.25) is 0 Å². The molecule has 1 aliphatic heterocycles. The minimum Gasteiger partial charge on any atom is -0.352 e. The third-order valence-corrected chi connectivity index (χ3v) is 4.68. The topological polar surface area (TPSA) is 67.2 Å². The molecule has 1 aromatic carbocycles. The van der Waals surface area contributed by atoms with Crippen molar-refractivity contribution in [2.24, 2.45) is 0 Å². The maximum absolute atomic E-state index is 12.4. The van der Waals surface area contributed by atoms with Gasteiger partial charge in [-0.3, -0.25) is 14.3 Å². The number of nitrogens with one attached hydrogen (secondary N) is 1. The molecule has 2 aromatic rings. The number of carbonyl (C=O) groups excluding carboxylic acids is 2. The standard InChI is InChI=1S/C20H26N4O2/c1-16-9-13-24(22-16)14-10-19(25)21-15-17-5-7-18(8-6-17)20(26)23-11-3-2-4-12-23/h5-9,13H,2-4,10-12,14-15H2,1H3,(H,21,25). The van der Waals surface area contributed by atoms with Gasteiger partial charge in [0, 0.05) is 44.4 Å². The fourth-order valence-electron chi connectivity index (χ4n) is 3.14. The third kappa shape index (κ3) is 4.94. The highest BCUT2D eigenvalue weighted by Gasteiger charge is 2.17. The zero-order valence-corrected chi connectivity index (χ0v) is 15.3. The molecule has 1 N–H and O–H groups in total. The van der Waals surface area contributed by atoms with Gasteiger partial charge in [-0.25, -0.2) is 0 Å². The summed E-state index contributed by atoms with van der Waals surface area (Å²) in [5.74, 6) is 0.0985. The van der Waals surface area contributed by atoms with E-state index in [2.05, 4.69) is 10.4 Å². The summed E-state index contributed by atoms with van der Waals surface area (Å²) in [5.41, 5.74) is 2.66. The van der Waals surface area contributed by atoms with Crippen molar-refractivity contribution in [1.29, 1.82) is 0 Å². The first kappa shape index (κ1) is 18.2. The van der Waals surface area contributed by atoms with Crippen molar-refractivity contribution in [3.05, 3.63) is 53.3 Å². The van der Waals surface area contributed by atoms with E-state index < -0.39 is 0 Å². The summed E-state index contributed by atoms with van der Waals surface area (Å²) in [6.45, 7) is 4.67. The second kappa shape index (κ2) is 8.65. The fraction of sp³-hybridized carbons (Fsp3) is 0.450. The lowest BCUT2D eigenvalue weighted by atomic mass is 10.1. The molecule has 26 heavy (non-hydrogen) atoms. The number of hydrogen-bond acceptors (Lipinski definition) is 3. The molecule has 0 bridgehead atoms. The number of aryl methyl sites for hydroxylation is 2. The molecule has 2 heterocycles. The zero-order valence-electron chi connectivity index (χ0n) is 15.3. The average molecular weight is 354 g/mol. The molecule has 6 heteroatoms. The molecule has 0 radical (unpaired) electrons. The zero-order chi connectivity index (χ0) is 18.4. The van der Waals surface area contributed by atoms with E-state index in [-0.39, 0.29) is 11.8 Å². The van der Waals surface area contributed by atoms with Crippen molar-refractivity contribution >= 4 is 11.8 Å². The molecule has 0 spiro atoms. The summed E-state index contributed by atoms with van der Waals surface area (Å²) in [6, 6.07) is 9.45. The van der Waals surface area contributed by atoms with Crippen molar-refractivity contribution in [2.45, 2.75) is 45.7 Å². The number of benzene rings is 1. The summed E-state index contributed by atoms with van der Waals surface area (Å²) in [4.78, 5) is 26.3. The van der Waals surface area contributed by atoms with Gasteiger partial charge in [-0.05, 0) is 49.9 Å². The lowest BCUT2D eigenvalue weighted by Crippen LogP contribution is -2.35. The average Bonchev–Trinajstić information content (AvgIpc) is 3.10. The minimum absolute atomic E-state index is 0.00776. The third-order valence-electron chi connectivity index (χ3n) is 4.68. The summed E-state index contributed by atoms with van der Waals surface area (Å²) >= 11 is 0. The van der Waals surface area contributed by atoms with E-state index >= 15 is 0 Å². The fourth-order valence-corrected chi connectivity index (χ4v) is 3.14. The molecule has 0 unspecified atom stereocenters. The summed E-state index contributed by atoms with van der Waals surface area (Å²) in [7, 11) is 0. The molecule has 0 aliphatic carbocycles.